The van der Waals surface area contributed by atoms with E-state index in [1.807, 2.05) is 0 Å². The van der Waals surface area contributed by atoms with Gasteiger partial charge in [0.2, 0.25) is 0 Å². The lowest BCUT2D eigenvalue weighted by atomic mass is 9.92. The van der Waals surface area contributed by atoms with Crippen LogP contribution >= 0.6 is 0 Å². The van der Waals surface area contributed by atoms with Gasteiger partial charge in [0.25, 0.3) is 0 Å². The molecule has 0 N–H and O–H groups in total. The van der Waals surface area contributed by atoms with Crippen LogP contribution in [0.2, 0.25) is 0 Å². The third kappa shape index (κ3) is 21.7. The second-order valence-corrected chi connectivity index (χ2v) is 8.65. The van der Waals surface area contributed by atoms with Crippen molar-refractivity contribution in [2.75, 3.05) is 0 Å². The van der Waals surface area contributed by atoms with Crippen LogP contribution in [-0.2, 0) is 0 Å². The van der Waals surface area contributed by atoms with Crippen LogP contribution in [0, 0.1) is 17.8 Å². The highest BCUT2D eigenvalue weighted by Gasteiger charge is 2.05. The van der Waals surface area contributed by atoms with Gasteiger partial charge in [-0.1, -0.05) is 130 Å². The second kappa shape index (κ2) is 23.6. The molecule has 1 atom stereocenters. The summed E-state index contributed by atoms with van der Waals surface area (Å²) in [7, 11) is 0. The lowest BCUT2D eigenvalue weighted by molar-refractivity contribution is 0.398. The van der Waals surface area contributed by atoms with Gasteiger partial charge in [-0.3, -0.25) is 0 Å². The summed E-state index contributed by atoms with van der Waals surface area (Å²) in [6.45, 7) is 6.97. The first-order valence-electron chi connectivity index (χ1n) is 12.8. The van der Waals surface area contributed by atoms with Gasteiger partial charge in [-0.25, -0.2) is 0 Å². The predicted octanol–water partition coefficient (Wildman–Crippen LogP) is 9.86. The van der Waals surface area contributed by atoms with E-state index in [0.717, 1.165) is 18.8 Å². The van der Waals surface area contributed by atoms with E-state index in [9.17, 15) is 0 Å². The average molecular weight is 377 g/mol. The first-order valence-corrected chi connectivity index (χ1v) is 12.8. The molecule has 1 unspecified atom stereocenters. The smallest absolute Gasteiger partial charge is 0.00886 e. The van der Waals surface area contributed by atoms with Crippen molar-refractivity contribution in [3.63, 3.8) is 0 Å². The Labute approximate surface area is 173 Å². The molecule has 0 aromatic carbocycles. The molecule has 27 heavy (non-hydrogen) atoms. The lowest BCUT2D eigenvalue weighted by Gasteiger charge is -2.14. The summed E-state index contributed by atoms with van der Waals surface area (Å²) in [4.78, 5) is 0. The van der Waals surface area contributed by atoms with Crippen LogP contribution in [0.15, 0.2) is 0 Å². The van der Waals surface area contributed by atoms with E-state index in [4.69, 9.17) is 0 Å². The van der Waals surface area contributed by atoms with Crippen molar-refractivity contribution in [1.29, 1.82) is 0 Å². The number of rotatable bonds is 20. The summed E-state index contributed by atoms with van der Waals surface area (Å²) in [5, 5.41) is 0. The van der Waals surface area contributed by atoms with Gasteiger partial charge in [-0.2, -0.15) is 0 Å². The van der Waals surface area contributed by atoms with Crippen LogP contribution < -0.4 is 0 Å². The zero-order valence-electron chi connectivity index (χ0n) is 19.4. The fourth-order valence-electron chi connectivity index (χ4n) is 3.94. The van der Waals surface area contributed by atoms with Crippen LogP contribution in [0.3, 0.4) is 0 Å². The Morgan fingerprint density at radius 2 is 0.815 bits per heavy atom. The van der Waals surface area contributed by atoms with Crippen molar-refractivity contribution < 1.29 is 0 Å². The van der Waals surface area contributed by atoms with E-state index in [-0.39, 0.29) is 0 Å². The van der Waals surface area contributed by atoms with Gasteiger partial charge in [0, 0.05) is 12.8 Å². The predicted molar refractivity (Wildman–Crippen MR) is 125 cm³/mol. The average Bonchev–Trinajstić information content (AvgIpc) is 2.69. The Morgan fingerprint density at radius 3 is 1.30 bits per heavy atom. The molecular weight excluding hydrogens is 324 g/mol. The van der Waals surface area contributed by atoms with Gasteiger partial charge in [0.1, 0.15) is 0 Å². The molecule has 0 bridgehead atoms. The van der Waals surface area contributed by atoms with Gasteiger partial charge in [-0.15, -0.1) is 11.8 Å². The lowest BCUT2D eigenvalue weighted by Crippen LogP contribution is -1.99. The first kappa shape index (κ1) is 26.6. The van der Waals surface area contributed by atoms with E-state index in [0.29, 0.717) is 0 Å². The molecule has 0 aromatic heterocycles. The minimum Gasteiger partial charge on any atom is -0.103 e. The molecule has 0 heteroatoms. The fourth-order valence-corrected chi connectivity index (χ4v) is 3.94. The zero-order chi connectivity index (χ0) is 19.8. The van der Waals surface area contributed by atoms with E-state index >= 15 is 0 Å². The fraction of sp³-hybridized carbons (Fsp3) is 0.926. The Balaban J connectivity index is 3.37. The van der Waals surface area contributed by atoms with Crippen LogP contribution in [0.1, 0.15) is 156 Å². The van der Waals surface area contributed by atoms with Crippen LogP contribution in [-0.4, -0.2) is 0 Å². The highest BCUT2D eigenvalue weighted by molar-refractivity contribution is 4.98. The molecule has 0 aliphatic carbocycles. The standard InChI is InChI=1S/C27H52/c1-4-7-9-11-13-14-15-16-17-18-19-20-22-24-26-27(6-3)25-23-21-12-10-8-5-2/h27H,4-17,20-26H2,1-3H3. The van der Waals surface area contributed by atoms with Gasteiger partial charge < -0.3 is 0 Å². The molecule has 0 aliphatic rings. The maximum Gasteiger partial charge on any atom is 0.00886 e. The molecule has 0 saturated heterocycles. The SMILES string of the molecule is CCCCCCCCCCC#CCCCCC(CC)CCCCCCCC. The van der Waals surface area contributed by atoms with Crippen molar-refractivity contribution in [3.8, 4) is 11.8 Å². The summed E-state index contributed by atoms with van der Waals surface area (Å²) in [5.74, 6) is 7.80. The molecule has 0 heterocycles. The van der Waals surface area contributed by atoms with Crippen molar-refractivity contribution in [1.82, 2.24) is 0 Å². The van der Waals surface area contributed by atoms with E-state index in [1.165, 1.54) is 122 Å². The molecule has 0 radical (unpaired) electrons. The minimum atomic E-state index is 0.974. The normalized spacial score (nSPS) is 12.0. The molecule has 0 fully saturated rings. The topological polar surface area (TPSA) is 0 Å². The Hall–Kier alpha value is -0.440. The highest BCUT2D eigenvalue weighted by atomic mass is 14.1. The maximum atomic E-state index is 3.42. The van der Waals surface area contributed by atoms with Gasteiger partial charge in [0.15, 0.2) is 0 Å². The molecule has 0 nitrogen and oxygen atoms in total. The van der Waals surface area contributed by atoms with Crippen molar-refractivity contribution >= 4 is 0 Å². The summed E-state index contributed by atoms with van der Waals surface area (Å²) >= 11 is 0. The van der Waals surface area contributed by atoms with E-state index in [1.54, 1.807) is 0 Å². The largest absolute Gasteiger partial charge is 0.103 e. The van der Waals surface area contributed by atoms with Crippen molar-refractivity contribution in [2.24, 2.45) is 5.92 Å². The number of unbranched alkanes of at least 4 members (excludes halogenated alkanes) is 15. The second-order valence-electron chi connectivity index (χ2n) is 8.65. The summed E-state index contributed by atoms with van der Waals surface area (Å²) in [6, 6.07) is 0. The Bertz CT molecular complexity index is 319. The Kier molecular flexibility index (Phi) is 23.2. The van der Waals surface area contributed by atoms with Crippen molar-refractivity contribution in [3.05, 3.63) is 0 Å². The monoisotopic (exact) mass is 376 g/mol. The van der Waals surface area contributed by atoms with Crippen LogP contribution in [0.25, 0.3) is 0 Å². The van der Waals surface area contributed by atoms with E-state index in [2.05, 4.69) is 32.6 Å². The van der Waals surface area contributed by atoms with Crippen LogP contribution in [0.4, 0.5) is 0 Å². The summed E-state index contributed by atoms with van der Waals surface area (Å²) in [5.41, 5.74) is 0. The number of hydrogen-bond acceptors (Lipinski definition) is 0. The highest BCUT2D eigenvalue weighted by Crippen LogP contribution is 2.21. The molecule has 0 amide bonds. The van der Waals surface area contributed by atoms with Gasteiger partial charge >= 0.3 is 0 Å². The minimum absolute atomic E-state index is 0.974. The molecular formula is C27H52. The van der Waals surface area contributed by atoms with Gasteiger partial charge in [-0.05, 0) is 18.8 Å². The maximum absolute atomic E-state index is 3.42. The Morgan fingerprint density at radius 1 is 0.444 bits per heavy atom. The molecule has 0 saturated carbocycles. The van der Waals surface area contributed by atoms with Crippen molar-refractivity contribution in [2.45, 2.75) is 156 Å². The first-order chi connectivity index (χ1) is 13.3. The molecule has 0 spiro atoms. The summed E-state index contributed by atoms with van der Waals surface area (Å²) in [6.07, 6.45) is 29.1. The quantitative estimate of drug-likeness (QED) is 0.146. The van der Waals surface area contributed by atoms with Gasteiger partial charge in [0.05, 0.1) is 0 Å². The third-order valence-electron chi connectivity index (χ3n) is 5.99. The summed E-state index contributed by atoms with van der Waals surface area (Å²) < 4.78 is 0. The van der Waals surface area contributed by atoms with Crippen LogP contribution in [0.5, 0.6) is 0 Å². The number of hydrogen-bond donors (Lipinski definition) is 0. The zero-order valence-corrected chi connectivity index (χ0v) is 19.4. The third-order valence-corrected chi connectivity index (χ3v) is 5.99. The molecule has 160 valence electrons. The molecule has 0 aliphatic heterocycles. The molecule has 0 rings (SSSR count). The molecule has 0 aromatic rings. The van der Waals surface area contributed by atoms with E-state index < -0.39 is 0 Å².